The quantitative estimate of drug-likeness (QED) is 0.844. The van der Waals surface area contributed by atoms with Crippen LogP contribution in [0.2, 0.25) is 0 Å². The van der Waals surface area contributed by atoms with Crippen molar-refractivity contribution < 1.29 is 22.8 Å². The summed E-state index contributed by atoms with van der Waals surface area (Å²) in [7, 11) is 0. The molecule has 2 saturated heterocycles. The maximum Gasteiger partial charge on any atom is 0.406 e. The maximum absolute atomic E-state index is 12.7. The van der Waals surface area contributed by atoms with Gasteiger partial charge in [-0.1, -0.05) is 0 Å². The molecule has 2 aliphatic heterocycles. The zero-order chi connectivity index (χ0) is 16.6. The summed E-state index contributed by atoms with van der Waals surface area (Å²) in [6.07, 6.45) is -2.82. The molecule has 1 aromatic rings. The van der Waals surface area contributed by atoms with E-state index in [-0.39, 0.29) is 24.9 Å². The normalized spacial score (nSPS) is 25.4. The van der Waals surface area contributed by atoms with E-state index in [4.69, 9.17) is 0 Å². The number of halogens is 3. The van der Waals surface area contributed by atoms with E-state index in [0.29, 0.717) is 6.54 Å². The molecule has 4 nitrogen and oxygen atoms in total. The van der Waals surface area contributed by atoms with Crippen LogP contribution in [0.15, 0.2) is 16.8 Å². The second-order valence-electron chi connectivity index (χ2n) is 6.04. The highest BCUT2D eigenvalue weighted by atomic mass is 32.1. The monoisotopic (exact) mass is 346 g/mol. The van der Waals surface area contributed by atoms with Crippen LogP contribution in [0, 0.1) is 5.92 Å². The Balaban J connectivity index is 1.68. The summed E-state index contributed by atoms with van der Waals surface area (Å²) in [6, 6.07) is 1.96. The van der Waals surface area contributed by atoms with Gasteiger partial charge in [-0.05, 0) is 35.2 Å². The van der Waals surface area contributed by atoms with Crippen molar-refractivity contribution in [1.29, 1.82) is 0 Å². The Labute approximate surface area is 135 Å². The molecule has 2 amide bonds. The summed E-state index contributed by atoms with van der Waals surface area (Å²) in [5.74, 6) is -1.45. The number of carbonyl (C=O) groups is 2. The molecule has 1 aromatic heterocycles. The molecule has 0 bridgehead atoms. The first-order chi connectivity index (χ1) is 10.8. The SMILES string of the molecule is O=C1C[C@@H](C(=O)N2CCC[C@H]2c2ccsc2)CN1CC(F)(F)F. The summed E-state index contributed by atoms with van der Waals surface area (Å²) in [4.78, 5) is 26.9. The van der Waals surface area contributed by atoms with Gasteiger partial charge in [-0.15, -0.1) is 0 Å². The molecule has 0 aliphatic carbocycles. The number of nitrogens with zero attached hydrogens (tertiary/aromatic N) is 2. The number of thiophene rings is 1. The highest BCUT2D eigenvalue weighted by Gasteiger charge is 2.43. The first kappa shape index (κ1) is 16.3. The predicted octanol–water partition coefficient (Wildman–Crippen LogP) is 2.82. The molecule has 0 unspecified atom stereocenters. The average Bonchev–Trinajstić information content (AvgIpc) is 3.16. The van der Waals surface area contributed by atoms with Gasteiger partial charge in [-0.3, -0.25) is 9.59 Å². The molecule has 2 atom stereocenters. The van der Waals surface area contributed by atoms with Gasteiger partial charge in [0.15, 0.2) is 0 Å². The van der Waals surface area contributed by atoms with Crippen LogP contribution in [-0.2, 0) is 9.59 Å². The highest BCUT2D eigenvalue weighted by Crippen LogP contribution is 2.35. The van der Waals surface area contributed by atoms with E-state index in [9.17, 15) is 22.8 Å². The molecule has 126 valence electrons. The van der Waals surface area contributed by atoms with E-state index in [2.05, 4.69) is 0 Å². The van der Waals surface area contributed by atoms with Crippen LogP contribution in [-0.4, -0.2) is 47.4 Å². The van der Waals surface area contributed by atoms with Gasteiger partial charge < -0.3 is 9.80 Å². The maximum atomic E-state index is 12.7. The third-order valence-corrected chi connectivity index (χ3v) is 5.10. The number of rotatable bonds is 3. The van der Waals surface area contributed by atoms with Crippen LogP contribution < -0.4 is 0 Å². The third-order valence-electron chi connectivity index (χ3n) is 4.40. The van der Waals surface area contributed by atoms with E-state index in [0.717, 1.165) is 23.3 Å². The lowest BCUT2D eigenvalue weighted by atomic mass is 10.0. The van der Waals surface area contributed by atoms with Gasteiger partial charge in [0, 0.05) is 19.5 Å². The third kappa shape index (κ3) is 3.52. The molecule has 23 heavy (non-hydrogen) atoms. The first-order valence-electron chi connectivity index (χ1n) is 7.52. The number of carbonyl (C=O) groups excluding carboxylic acids is 2. The molecule has 0 radical (unpaired) electrons. The van der Waals surface area contributed by atoms with Crippen molar-refractivity contribution in [2.24, 2.45) is 5.92 Å². The summed E-state index contributed by atoms with van der Waals surface area (Å²) in [5, 5.41) is 3.94. The van der Waals surface area contributed by atoms with Crippen LogP contribution >= 0.6 is 11.3 Å². The zero-order valence-corrected chi connectivity index (χ0v) is 13.2. The Kier molecular flexibility index (Phi) is 4.35. The molecule has 2 fully saturated rings. The van der Waals surface area contributed by atoms with Gasteiger partial charge >= 0.3 is 6.18 Å². The Morgan fingerprint density at radius 1 is 1.39 bits per heavy atom. The number of hydrogen-bond donors (Lipinski definition) is 0. The van der Waals surface area contributed by atoms with Crippen LogP contribution in [0.1, 0.15) is 30.9 Å². The molecule has 0 saturated carbocycles. The fraction of sp³-hybridized carbons (Fsp3) is 0.600. The first-order valence-corrected chi connectivity index (χ1v) is 8.46. The number of alkyl halides is 3. The van der Waals surface area contributed by atoms with Crippen molar-refractivity contribution in [2.45, 2.75) is 31.5 Å². The van der Waals surface area contributed by atoms with Gasteiger partial charge in [-0.25, -0.2) is 0 Å². The van der Waals surface area contributed by atoms with Gasteiger partial charge in [-0.2, -0.15) is 24.5 Å². The largest absolute Gasteiger partial charge is 0.406 e. The van der Waals surface area contributed by atoms with Crippen molar-refractivity contribution in [3.05, 3.63) is 22.4 Å². The highest BCUT2D eigenvalue weighted by molar-refractivity contribution is 7.07. The zero-order valence-electron chi connectivity index (χ0n) is 12.4. The molecule has 3 heterocycles. The number of hydrogen-bond acceptors (Lipinski definition) is 3. The Morgan fingerprint density at radius 3 is 2.83 bits per heavy atom. The Hall–Kier alpha value is -1.57. The molecule has 2 aliphatic rings. The van der Waals surface area contributed by atoms with Gasteiger partial charge in [0.2, 0.25) is 11.8 Å². The van der Waals surface area contributed by atoms with E-state index in [1.54, 1.807) is 16.2 Å². The lowest BCUT2D eigenvalue weighted by Gasteiger charge is -2.27. The van der Waals surface area contributed by atoms with E-state index < -0.39 is 24.5 Å². The van der Waals surface area contributed by atoms with E-state index >= 15 is 0 Å². The minimum atomic E-state index is -4.43. The van der Waals surface area contributed by atoms with E-state index in [1.807, 2.05) is 16.8 Å². The lowest BCUT2D eigenvalue weighted by Crippen LogP contribution is -2.38. The second kappa shape index (κ2) is 6.14. The average molecular weight is 346 g/mol. The minimum Gasteiger partial charge on any atom is -0.335 e. The van der Waals surface area contributed by atoms with E-state index in [1.165, 1.54) is 0 Å². The molecule has 8 heteroatoms. The lowest BCUT2D eigenvalue weighted by molar-refractivity contribution is -0.157. The molecule has 0 aromatic carbocycles. The second-order valence-corrected chi connectivity index (χ2v) is 6.82. The van der Waals surface area contributed by atoms with Gasteiger partial charge in [0.05, 0.1) is 12.0 Å². The smallest absolute Gasteiger partial charge is 0.335 e. The van der Waals surface area contributed by atoms with Crippen LogP contribution in [0.5, 0.6) is 0 Å². The Morgan fingerprint density at radius 2 is 2.17 bits per heavy atom. The molecule has 3 rings (SSSR count). The molecule has 0 N–H and O–H groups in total. The number of likely N-dealkylation sites (tertiary alicyclic amines) is 2. The van der Waals surface area contributed by atoms with Crippen molar-refractivity contribution in [3.63, 3.8) is 0 Å². The van der Waals surface area contributed by atoms with Crippen molar-refractivity contribution in [1.82, 2.24) is 9.80 Å². The van der Waals surface area contributed by atoms with Crippen LogP contribution in [0.4, 0.5) is 13.2 Å². The van der Waals surface area contributed by atoms with Crippen molar-refractivity contribution in [3.8, 4) is 0 Å². The van der Waals surface area contributed by atoms with Gasteiger partial charge in [0.1, 0.15) is 6.54 Å². The summed E-state index contributed by atoms with van der Waals surface area (Å²) >= 11 is 1.55. The standard InChI is InChI=1S/C15H17F3N2O2S/c16-15(17,18)9-19-7-11(6-13(19)21)14(22)20-4-1-2-12(20)10-3-5-23-8-10/h3,5,8,11-12H,1-2,4,6-7,9H2/t11-,12+/m1/s1. The van der Waals surface area contributed by atoms with Crippen molar-refractivity contribution in [2.75, 3.05) is 19.6 Å². The van der Waals surface area contributed by atoms with Crippen LogP contribution in [0.25, 0.3) is 0 Å². The fourth-order valence-corrected chi connectivity index (χ4v) is 4.09. The fourth-order valence-electron chi connectivity index (χ4n) is 3.38. The molecule has 0 spiro atoms. The topological polar surface area (TPSA) is 40.6 Å². The summed E-state index contributed by atoms with van der Waals surface area (Å²) in [6.45, 7) is -0.809. The molecular formula is C15H17F3N2O2S. The number of amides is 2. The van der Waals surface area contributed by atoms with Gasteiger partial charge in [0.25, 0.3) is 0 Å². The minimum absolute atomic E-state index is 0.0134. The molecular weight excluding hydrogens is 329 g/mol. The van der Waals surface area contributed by atoms with Crippen molar-refractivity contribution >= 4 is 23.2 Å². The summed E-state index contributed by atoms with van der Waals surface area (Å²) < 4.78 is 37.4. The predicted molar refractivity (Wildman–Crippen MR) is 78.7 cm³/mol. The van der Waals surface area contributed by atoms with Crippen LogP contribution in [0.3, 0.4) is 0 Å². The Bertz CT molecular complexity index is 588. The summed E-state index contributed by atoms with van der Waals surface area (Å²) in [5.41, 5.74) is 1.07.